The van der Waals surface area contributed by atoms with Crippen molar-refractivity contribution in [3.05, 3.63) is 64.5 Å². The predicted octanol–water partition coefficient (Wildman–Crippen LogP) is 2.68. The molecule has 0 amide bonds. The van der Waals surface area contributed by atoms with Gasteiger partial charge in [0.1, 0.15) is 23.5 Å². The van der Waals surface area contributed by atoms with Gasteiger partial charge in [0.05, 0.1) is 10.5 Å². The molecule has 2 aromatic rings. The van der Waals surface area contributed by atoms with E-state index in [1.54, 1.807) is 6.26 Å². The summed E-state index contributed by atoms with van der Waals surface area (Å²) in [6.07, 6.45) is 4.27. The molecule has 0 saturated heterocycles. The normalized spacial score (nSPS) is 14.1. The van der Waals surface area contributed by atoms with Crippen LogP contribution in [0, 0.1) is 5.82 Å². The molecule has 1 aliphatic carbocycles. The lowest BCUT2D eigenvalue weighted by Crippen LogP contribution is -2.26. The van der Waals surface area contributed by atoms with Gasteiger partial charge in [0.2, 0.25) is 11.6 Å². The van der Waals surface area contributed by atoms with Gasteiger partial charge in [-0.25, -0.2) is 14.4 Å². The number of nitrogens with one attached hydrogen (secondary N) is 1. The number of ketones is 2. The molecule has 7 heteroatoms. The van der Waals surface area contributed by atoms with E-state index in [1.807, 2.05) is 0 Å². The summed E-state index contributed by atoms with van der Waals surface area (Å²) < 4.78 is 13.0. The third kappa shape index (κ3) is 2.39. The molecule has 22 heavy (non-hydrogen) atoms. The van der Waals surface area contributed by atoms with Crippen LogP contribution >= 0.6 is 11.8 Å². The van der Waals surface area contributed by atoms with Crippen molar-refractivity contribution in [2.45, 2.75) is 0 Å². The van der Waals surface area contributed by atoms with Crippen LogP contribution in [0.4, 0.5) is 10.1 Å². The quantitative estimate of drug-likeness (QED) is 0.939. The molecule has 1 N–H and O–H groups in total. The van der Waals surface area contributed by atoms with Crippen molar-refractivity contribution >= 4 is 29.0 Å². The summed E-state index contributed by atoms with van der Waals surface area (Å²) in [6.45, 7) is 0. The molecular weight excluding hydrogens is 305 g/mol. The molecule has 1 heterocycles. The van der Waals surface area contributed by atoms with E-state index < -0.39 is 0 Å². The monoisotopic (exact) mass is 315 g/mol. The van der Waals surface area contributed by atoms with Gasteiger partial charge in [-0.1, -0.05) is 0 Å². The number of benzene rings is 1. The summed E-state index contributed by atoms with van der Waals surface area (Å²) in [7, 11) is 0. The minimum atomic E-state index is -0.380. The Balaban J connectivity index is 2.06. The van der Waals surface area contributed by atoms with Gasteiger partial charge in [-0.3, -0.25) is 9.59 Å². The molecular formula is C15H10FN3O2S. The summed E-state index contributed by atoms with van der Waals surface area (Å²) in [5, 5.41) is 2.90. The van der Waals surface area contributed by atoms with Crippen molar-refractivity contribution in [3.63, 3.8) is 0 Å². The zero-order chi connectivity index (χ0) is 15.7. The van der Waals surface area contributed by atoms with Gasteiger partial charge in [0.25, 0.3) is 0 Å². The van der Waals surface area contributed by atoms with E-state index in [1.165, 1.54) is 36.8 Å². The average molecular weight is 315 g/mol. The number of fused-ring (bicyclic) bond motifs is 1. The van der Waals surface area contributed by atoms with E-state index in [0.29, 0.717) is 5.69 Å². The number of carbonyl (C=O) groups excluding carboxylic acids is 2. The third-order valence-corrected chi connectivity index (χ3v) is 3.95. The number of hydrogen-bond donors (Lipinski definition) is 1. The molecule has 1 aliphatic rings. The van der Waals surface area contributed by atoms with Gasteiger partial charge in [-0.15, -0.1) is 11.8 Å². The zero-order valence-electron chi connectivity index (χ0n) is 11.5. The topological polar surface area (TPSA) is 72.0 Å². The Bertz CT molecular complexity index is 803. The van der Waals surface area contributed by atoms with E-state index in [0.717, 1.165) is 11.8 Å². The van der Waals surface area contributed by atoms with E-state index in [4.69, 9.17) is 0 Å². The van der Waals surface area contributed by atoms with Crippen LogP contribution in [0.5, 0.6) is 0 Å². The second-order valence-electron chi connectivity index (χ2n) is 4.48. The first kappa shape index (κ1) is 14.4. The molecule has 5 nitrogen and oxygen atoms in total. The minimum absolute atomic E-state index is 0.106. The van der Waals surface area contributed by atoms with E-state index >= 15 is 0 Å². The van der Waals surface area contributed by atoms with Gasteiger partial charge in [0, 0.05) is 11.9 Å². The number of carbonyl (C=O) groups is 2. The molecule has 0 aliphatic heterocycles. The van der Waals surface area contributed by atoms with Crippen molar-refractivity contribution in [1.82, 2.24) is 9.97 Å². The van der Waals surface area contributed by atoms with Crippen LogP contribution in [-0.4, -0.2) is 27.8 Å². The van der Waals surface area contributed by atoms with Crippen LogP contribution in [0.1, 0.15) is 20.8 Å². The van der Waals surface area contributed by atoms with Crippen LogP contribution in [0.2, 0.25) is 0 Å². The van der Waals surface area contributed by atoms with Crippen LogP contribution in [0.25, 0.3) is 0 Å². The average Bonchev–Trinajstić information content (AvgIpc) is 2.55. The van der Waals surface area contributed by atoms with Gasteiger partial charge in [-0.2, -0.15) is 0 Å². The van der Waals surface area contributed by atoms with Gasteiger partial charge in [-0.05, 0) is 30.5 Å². The molecule has 0 unspecified atom stereocenters. The highest BCUT2D eigenvalue weighted by molar-refractivity contribution is 8.03. The van der Waals surface area contributed by atoms with Crippen LogP contribution in [0.3, 0.4) is 0 Å². The second kappa shape index (κ2) is 5.69. The number of anilines is 1. The Kier molecular flexibility index (Phi) is 3.72. The first-order valence-electron chi connectivity index (χ1n) is 6.32. The summed E-state index contributed by atoms with van der Waals surface area (Å²) in [5.41, 5.74) is 0.944. The summed E-state index contributed by atoms with van der Waals surface area (Å²) >= 11 is 1.16. The van der Waals surface area contributed by atoms with Crippen molar-refractivity contribution in [3.8, 4) is 0 Å². The first-order chi connectivity index (χ1) is 10.6. The number of rotatable bonds is 3. The lowest BCUT2D eigenvalue weighted by Gasteiger charge is -2.19. The Morgan fingerprint density at radius 3 is 2.55 bits per heavy atom. The lowest BCUT2D eigenvalue weighted by atomic mass is 9.98. The Labute approximate surface area is 129 Å². The van der Waals surface area contributed by atoms with Crippen LogP contribution in [0.15, 0.2) is 47.4 Å². The minimum Gasteiger partial charge on any atom is -0.351 e. The third-order valence-electron chi connectivity index (χ3n) is 3.15. The highest BCUT2D eigenvalue weighted by Crippen LogP contribution is 2.31. The van der Waals surface area contributed by atoms with Crippen molar-refractivity contribution in [1.29, 1.82) is 0 Å². The van der Waals surface area contributed by atoms with Crippen molar-refractivity contribution < 1.29 is 14.0 Å². The molecule has 0 spiro atoms. The number of thioether (sulfide) groups is 1. The zero-order valence-corrected chi connectivity index (χ0v) is 12.3. The van der Waals surface area contributed by atoms with Gasteiger partial charge >= 0.3 is 0 Å². The molecule has 0 radical (unpaired) electrons. The van der Waals surface area contributed by atoms with Gasteiger partial charge in [0.15, 0.2) is 0 Å². The predicted molar refractivity (Wildman–Crippen MR) is 81.3 cm³/mol. The van der Waals surface area contributed by atoms with Crippen LogP contribution in [-0.2, 0) is 0 Å². The number of halogens is 1. The summed E-state index contributed by atoms with van der Waals surface area (Å²) in [6, 6.07) is 5.53. The number of aromatic nitrogens is 2. The standard InChI is InChI=1S/C15H10FN3O2S/c1-22-15-12(19-9-4-2-8(16)3-5-9)13(20)10-6-17-7-18-11(10)14(15)21/h2-7,19H,1H3. The molecule has 1 aromatic heterocycles. The Hall–Kier alpha value is -2.54. The molecule has 0 saturated carbocycles. The number of Topliss-reactive ketones (excluding diaryl/α,β-unsaturated/α-hetero) is 2. The summed E-state index contributed by atoms with van der Waals surface area (Å²) in [5.74, 6) is -1.06. The van der Waals surface area contributed by atoms with E-state index in [2.05, 4.69) is 15.3 Å². The van der Waals surface area contributed by atoms with E-state index in [9.17, 15) is 14.0 Å². The maximum Gasteiger partial charge on any atom is 0.220 e. The molecule has 3 rings (SSSR count). The second-order valence-corrected chi connectivity index (χ2v) is 5.30. The van der Waals surface area contributed by atoms with Crippen molar-refractivity contribution in [2.24, 2.45) is 0 Å². The highest BCUT2D eigenvalue weighted by Gasteiger charge is 2.33. The molecule has 0 atom stereocenters. The fourth-order valence-corrected chi connectivity index (χ4v) is 2.75. The smallest absolute Gasteiger partial charge is 0.220 e. The Morgan fingerprint density at radius 1 is 1.14 bits per heavy atom. The molecule has 0 bridgehead atoms. The first-order valence-corrected chi connectivity index (χ1v) is 7.54. The fraction of sp³-hybridized carbons (Fsp3) is 0.0667. The lowest BCUT2D eigenvalue weighted by molar-refractivity contribution is 0.0978. The Morgan fingerprint density at radius 2 is 1.86 bits per heavy atom. The number of nitrogens with zero attached hydrogens (tertiary/aromatic N) is 2. The largest absolute Gasteiger partial charge is 0.351 e. The highest BCUT2D eigenvalue weighted by atomic mass is 32.2. The number of hydrogen-bond acceptors (Lipinski definition) is 6. The fourth-order valence-electron chi connectivity index (χ4n) is 2.12. The van der Waals surface area contributed by atoms with Gasteiger partial charge < -0.3 is 5.32 Å². The van der Waals surface area contributed by atoms with E-state index in [-0.39, 0.29) is 39.2 Å². The maximum atomic E-state index is 13.0. The molecule has 110 valence electrons. The molecule has 1 aromatic carbocycles. The summed E-state index contributed by atoms with van der Waals surface area (Å²) in [4.78, 5) is 33.0. The maximum absolute atomic E-state index is 13.0. The molecule has 0 fully saturated rings. The van der Waals surface area contributed by atoms with Crippen LogP contribution < -0.4 is 5.32 Å². The number of allylic oxidation sites excluding steroid dienone is 2. The van der Waals surface area contributed by atoms with Crippen molar-refractivity contribution in [2.75, 3.05) is 11.6 Å². The SMILES string of the molecule is CSC1=C(Nc2ccc(F)cc2)C(=O)c2cncnc2C1=O.